The van der Waals surface area contributed by atoms with E-state index in [9.17, 15) is 14.9 Å². The molecule has 0 aliphatic heterocycles. The summed E-state index contributed by atoms with van der Waals surface area (Å²) in [4.78, 5) is 26.2. The minimum Gasteiger partial charge on any atom is -0.450 e. The van der Waals surface area contributed by atoms with Gasteiger partial charge in [0.1, 0.15) is 0 Å². The number of hydrogen-bond donors (Lipinski definition) is 2. The number of alkyl carbamates (subject to hydrolysis) is 1. The van der Waals surface area contributed by atoms with Gasteiger partial charge in [0.2, 0.25) is 5.96 Å². The highest BCUT2D eigenvalue weighted by atomic mass is 16.6. The van der Waals surface area contributed by atoms with Crippen molar-refractivity contribution in [3.63, 3.8) is 0 Å². The highest BCUT2D eigenvalue weighted by molar-refractivity contribution is 6.02. The molecule has 0 aliphatic carbocycles. The Hall–Kier alpha value is -3.42. The van der Waals surface area contributed by atoms with Crippen molar-refractivity contribution in [1.29, 1.82) is 0 Å². The van der Waals surface area contributed by atoms with E-state index < -0.39 is 11.0 Å². The van der Waals surface area contributed by atoms with Crippen molar-refractivity contribution in [2.75, 3.05) is 11.9 Å². The summed E-state index contributed by atoms with van der Waals surface area (Å²) in [5, 5.41) is 16.1. The molecule has 0 heterocycles. The molecule has 0 saturated carbocycles. The number of nitrogens with zero attached hydrogens (tertiary/aromatic N) is 2. The van der Waals surface area contributed by atoms with Crippen LogP contribution in [-0.2, 0) is 11.3 Å². The Morgan fingerprint density at radius 1 is 1.16 bits per heavy atom. The first-order chi connectivity index (χ1) is 12.1. The van der Waals surface area contributed by atoms with Crippen molar-refractivity contribution in [2.45, 2.75) is 13.5 Å². The Kier molecular flexibility index (Phi) is 6.47. The standard InChI is InChI=1S/C17H18N4O4/c1-2-25-17(22)20-16(18-12-13-6-4-3-5-7-13)19-14-8-10-15(11-9-14)21(23)24/h3-11H,2,12H2,1H3,(H2,18,19,20,22). The van der Waals surface area contributed by atoms with Crippen molar-refractivity contribution in [2.24, 2.45) is 4.99 Å². The number of non-ortho nitro benzene ring substituents is 1. The van der Waals surface area contributed by atoms with Crippen LogP contribution in [0.4, 0.5) is 16.2 Å². The molecule has 0 radical (unpaired) electrons. The molecule has 2 aromatic rings. The smallest absolute Gasteiger partial charge is 0.413 e. The van der Waals surface area contributed by atoms with Crippen LogP contribution in [0.3, 0.4) is 0 Å². The van der Waals surface area contributed by atoms with Gasteiger partial charge in [0.15, 0.2) is 0 Å². The monoisotopic (exact) mass is 342 g/mol. The van der Waals surface area contributed by atoms with Crippen LogP contribution in [0.25, 0.3) is 0 Å². The number of rotatable bonds is 5. The average Bonchev–Trinajstić information content (AvgIpc) is 2.61. The molecule has 0 atom stereocenters. The first-order valence-corrected chi connectivity index (χ1v) is 7.62. The summed E-state index contributed by atoms with van der Waals surface area (Å²) in [5.41, 5.74) is 1.50. The number of aliphatic imine (C=N–C) groups is 1. The van der Waals surface area contributed by atoms with Crippen molar-refractivity contribution < 1.29 is 14.5 Å². The molecule has 0 bridgehead atoms. The van der Waals surface area contributed by atoms with Gasteiger partial charge in [-0.1, -0.05) is 30.3 Å². The third kappa shape index (κ3) is 5.94. The van der Waals surface area contributed by atoms with E-state index in [2.05, 4.69) is 15.6 Å². The number of amides is 1. The number of hydrogen-bond acceptors (Lipinski definition) is 5. The quantitative estimate of drug-likeness (QED) is 0.375. The lowest BCUT2D eigenvalue weighted by molar-refractivity contribution is -0.384. The van der Waals surface area contributed by atoms with Crippen molar-refractivity contribution in [3.05, 3.63) is 70.3 Å². The van der Waals surface area contributed by atoms with Crippen LogP contribution in [-0.4, -0.2) is 23.6 Å². The summed E-state index contributed by atoms with van der Waals surface area (Å²) < 4.78 is 4.85. The van der Waals surface area contributed by atoms with Crippen LogP contribution in [0.2, 0.25) is 0 Å². The van der Waals surface area contributed by atoms with Gasteiger partial charge in [-0.2, -0.15) is 0 Å². The summed E-state index contributed by atoms with van der Waals surface area (Å²) in [6.45, 7) is 2.28. The molecule has 1 amide bonds. The zero-order chi connectivity index (χ0) is 18.1. The summed E-state index contributed by atoms with van der Waals surface area (Å²) in [5.74, 6) is 0.191. The fraction of sp³-hybridized carbons (Fsp3) is 0.176. The molecule has 0 unspecified atom stereocenters. The first kappa shape index (κ1) is 17.9. The molecule has 0 spiro atoms. The van der Waals surface area contributed by atoms with E-state index in [-0.39, 0.29) is 18.3 Å². The van der Waals surface area contributed by atoms with Crippen molar-refractivity contribution >= 4 is 23.4 Å². The van der Waals surface area contributed by atoms with E-state index in [1.165, 1.54) is 24.3 Å². The number of nitro benzene ring substituents is 1. The summed E-state index contributed by atoms with van der Waals surface area (Å²) in [6, 6.07) is 15.3. The Morgan fingerprint density at radius 2 is 1.84 bits per heavy atom. The van der Waals surface area contributed by atoms with Crippen molar-refractivity contribution in [1.82, 2.24) is 5.32 Å². The fourth-order valence-corrected chi connectivity index (χ4v) is 1.93. The molecule has 130 valence electrons. The predicted octanol–water partition coefficient (Wildman–Crippen LogP) is 3.31. The molecule has 2 aromatic carbocycles. The van der Waals surface area contributed by atoms with E-state index in [0.717, 1.165) is 5.56 Å². The van der Waals surface area contributed by atoms with E-state index >= 15 is 0 Å². The van der Waals surface area contributed by atoms with Crippen LogP contribution in [0.1, 0.15) is 12.5 Å². The minimum atomic E-state index is -0.635. The molecular weight excluding hydrogens is 324 g/mol. The third-order valence-corrected chi connectivity index (χ3v) is 3.10. The molecule has 0 aliphatic rings. The number of carbonyl (C=O) groups is 1. The first-order valence-electron chi connectivity index (χ1n) is 7.62. The number of nitrogens with one attached hydrogen (secondary N) is 2. The van der Waals surface area contributed by atoms with Crippen LogP contribution in [0.15, 0.2) is 59.6 Å². The van der Waals surface area contributed by atoms with E-state index in [0.29, 0.717) is 12.2 Å². The number of carbonyl (C=O) groups excluding carboxylic acids is 1. The molecule has 2 N–H and O–H groups in total. The summed E-state index contributed by atoms with van der Waals surface area (Å²) in [7, 11) is 0. The zero-order valence-corrected chi connectivity index (χ0v) is 13.6. The topological polar surface area (TPSA) is 106 Å². The van der Waals surface area contributed by atoms with Gasteiger partial charge in [0.25, 0.3) is 5.69 Å². The second kappa shape index (κ2) is 9.02. The SMILES string of the molecule is CCOC(=O)NC(=NCc1ccccc1)Nc1ccc([N+](=O)[O-])cc1. The Labute approximate surface area is 144 Å². The Bertz CT molecular complexity index is 745. The van der Waals surface area contributed by atoms with Crippen LogP contribution >= 0.6 is 0 Å². The maximum absolute atomic E-state index is 11.7. The van der Waals surface area contributed by atoms with Gasteiger partial charge in [-0.25, -0.2) is 9.79 Å². The van der Waals surface area contributed by atoms with Crippen LogP contribution in [0.5, 0.6) is 0 Å². The lowest BCUT2D eigenvalue weighted by Crippen LogP contribution is -2.36. The highest BCUT2D eigenvalue weighted by Crippen LogP contribution is 2.15. The molecule has 0 fully saturated rings. The molecular formula is C17H18N4O4. The van der Waals surface area contributed by atoms with E-state index in [1.807, 2.05) is 30.3 Å². The minimum absolute atomic E-state index is 0.0216. The number of benzene rings is 2. The van der Waals surface area contributed by atoms with E-state index in [1.54, 1.807) is 6.92 Å². The van der Waals surface area contributed by atoms with Crippen molar-refractivity contribution in [3.8, 4) is 0 Å². The second-order valence-corrected chi connectivity index (χ2v) is 4.92. The predicted molar refractivity (Wildman–Crippen MR) is 94.5 cm³/mol. The normalized spacial score (nSPS) is 10.8. The molecule has 0 aromatic heterocycles. The van der Waals surface area contributed by atoms with Crippen LogP contribution < -0.4 is 10.6 Å². The number of guanidine groups is 1. The Balaban J connectivity index is 2.12. The molecule has 8 nitrogen and oxygen atoms in total. The van der Waals surface area contributed by atoms with Gasteiger partial charge in [0, 0.05) is 17.8 Å². The number of anilines is 1. The lowest BCUT2D eigenvalue weighted by Gasteiger charge is -2.11. The number of nitro groups is 1. The molecule has 25 heavy (non-hydrogen) atoms. The summed E-state index contributed by atoms with van der Waals surface area (Å²) in [6.07, 6.45) is -0.635. The van der Waals surface area contributed by atoms with Gasteiger partial charge in [-0.15, -0.1) is 0 Å². The fourth-order valence-electron chi connectivity index (χ4n) is 1.93. The second-order valence-electron chi connectivity index (χ2n) is 4.92. The van der Waals surface area contributed by atoms with Gasteiger partial charge < -0.3 is 10.1 Å². The lowest BCUT2D eigenvalue weighted by atomic mass is 10.2. The van der Waals surface area contributed by atoms with Crippen LogP contribution in [0, 0.1) is 10.1 Å². The van der Waals surface area contributed by atoms with Gasteiger partial charge in [-0.3, -0.25) is 15.4 Å². The maximum Gasteiger partial charge on any atom is 0.413 e. The van der Waals surface area contributed by atoms with Gasteiger partial charge in [-0.05, 0) is 24.6 Å². The highest BCUT2D eigenvalue weighted by Gasteiger charge is 2.09. The number of ether oxygens (including phenoxy) is 1. The van der Waals surface area contributed by atoms with Gasteiger partial charge >= 0.3 is 6.09 Å². The summed E-state index contributed by atoms with van der Waals surface area (Å²) >= 11 is 0. The maximum atomic E-state index is 11.7. The molecule has 8 heteroatoms. The third-order valence-electron chi connectivity index (χ3n) is 3.10. The Morgan fingerprint density at radius 3 is 2.44 bits per heavy atom. The average molecular weight is 342 g/mol. The zero-order valence-electron chi connectivity index (χ0n) is 13.6. The van der Waals surface area contributed by atoms with Gasteiger partial charge in [0.05, 0.1) is 18.1 Å². The van der Waals surface area contributed by atoms with E-state index in [4.69, 9.17) is 4.74 Å². The molecule has 0 saturated heterocycles. The largest absolute Gasteiger partial charge is 0.450 e. The molecule has 2 rings (SSSR count).